The van der Waals surface area contributed by atoms with Gasteiger partial charge in [0.05, 0.1) is 11.8 Å². The molecule has 8 heteroatoms. The van der Waals surface area contributed by atoms with Crippen molar-refractivity contribution in [1.29, 1.82) is 0 Å². The lowest BCUT2D eigenvalue weighted by Gasteiger charge is -2.54. The smallest absolute Gasteiger partial charge is 0.248 e. The summed E-state index contributed by atoms with van der Waals surface area (Å²) in [5.41, 5.74) is 5.21. The number of halogens is 3. The summed E-state index contributed by atoms with van der Waals surface area (Å²) in [6, 6.07) is 28.7. The molecule has 3 atom stereocenters. The van der Waals surface area contributed by atoms with Crippen LogP contribution in [0.4, 0.5) is 5.69 Å². The fraction of sp³-hybridized carbons (Fsp3) is 0.206. The van der Waals surface area contributed by atoms with Crippen LogP contribution in [0, 0.1) is 18.8 Å². The first-order valence-corrected chi connectivity index (χ1v) is 15.3. The maximum atomic E-state index is 14.6. The molecule has 8 rings (SSSR count). The standard InChI is InChI=1S/C34H25BrCl2N2O3/c1-19-17-21(15-16-26(19)35)38-30(40)27(18-20-9-3-2-4-10-20)39-31(41)28-29(32(39)42)34(37)23-12-6-5-11-22(23)33(28,36)24-13-7-8-14-25(24)34/h2-17,27-29H,18H2,1H3,(H,38,40)/t27-,28-,29+,33?,34?/m1/s1. The largest absolute Gasteiger partial charge is 0.324 e. The molecule has 210 valence electrons. The zero-order chi connectivity index (χ0) is 29.4. The minimum absolute atomic E-state index is 0.142. The van der Waals surface area contributed by atoms with Crippen molar-refractivity contribution in [2.24, 2.45) is 11.8 Å². The summed E-state index contributed by atoms with van der Waals surface area (Å²) in [6.45, 7) is 1.92. The molecular formula is C34H25BrCl2N2O3. The van der Waals surface area contributed by atoms with Gasteiger partial charge in [0.2, 0.25) is 17.7 Å². The number of nitrogens with zero attached hydrogens (tertiary/aromatic N) is 1. The number of rotatable bonds is 5. The Morgan fingerprint density at radius 3 is 1.76 bits per heavy atom. The Kier molecular flexibility index (Phi) is 6.39. The van der Waals surface area contributed by atoms with E-state index in [0.29, 0.717) is 5.69 Å². The summed E-state index contributed by atoms with van der Waals surface area (Å²) < 4.78 is 0.907. The normalized spacial score (nSPS) is 26.0. The van der Waals surface area contributed by atoms with Gasteiger partial charge in [0.15, 0.2) is 0 Å². The summed E-state index contributed by atoms with van der Waals surface area (Å²) in [5, 5.41) is 2.95. The number of amides is 3. The zero-order valence-corrected chi connectivity index (χ0v) is 25.6. The maximum Gasteiger partial charge on any atom is 0.248 e. The zero-order valence-electron chi connectivity index (χ0n) is 22.5. The average molecular weight is 660 g/mol. The third-order valence-electron chi connectivity index (χ3n) is 8.93. The van der Waals surface area contributed by atoms with Gasteiger partial charge in [0.1, 0.15) is 15.8 Å². The van der Waals surface area contributed by atoms with Crippen molar-refractivity contribution < 1.29 is 14.4 Å². The first kappa shape index (κ1) is 27.4. The molecule has 0 unspecified atom stereocenters. The second-order valence-electron chi connectivity index (χ2n) is 11.2. The number of benzene rings is 4. The third kappa shape index (κ3) is 3.71. The molecule has 4 aromatic rings. The molecule has 1 fully saturated rings. The topological polar surface area (TPSA) is 66.5 Å². The predicted octanol–water partition coefficient (Wildman–Crippen LogP) is 6.90. The molecule has 3 aliphatic carbocycles. The molecule has 1 heterocycles. The van der Waals surface area contributed by atoms with Crippen LogP contribution >= 0.6 is 39.1 Å². The summed E-state index contributed by atoms with van der Waals surface area (Å²) in [7, 11) is 0. The molecule has 2 bridgehead atoms. The fourth-order valence-electron chi connectivity index (χ4n) is 7.08. The van der Waals surface area contributed by atoms with Crippen LogP contribution in [0.25, 0.3) is 0 Å². The van der Waals surface area contributed by atoms with E-state index in [2.05, 4.69) is 21.2 Å². The fourth-order valence-corrected chi connectivity index (χ4v) is 8.43. The van der Waals surface area contributed by atoms with Gasteiger partial charge < -0.3 is 5.32 Å². The number of hydrogen-bond donors (Lipinski definition) is 1. The van der Waals surface area contributed by atoms with Gasteiger partial charge in [0, 0.05) is 16.6 Å². The van der Waals surface area contributed by atoms with Gasteiger partial charge in [-0.05, 0) is 58.5 Å². The maximum absolute atomic E-state index is 14.6. The number of carbonyl (C=O) groups excluding carboxylic acids is 3. The summed E-state index contributed by atoms with van der Waals surface area (Å²) in [4.78, 5) is 41.7. The van der Waals surface area contributed by atoms with Crippen LogP contribution in [-0.2, 0) is 30.6 Å². The summed E-state index contributed by atoms with van der Waals surface area (Å²) in [5.74, 6) is -3.39. The van der Waals surface area contributed by atoms with E-state index in [0.717, 1.165) is 42.8 Å². The Bertz CT molecular complexity index is 1670. The number of imide groups is 1. The van der Waals surface area contributed by atoms with E-state index in [1.807, 2.05) is 97.9 Å². The Morgan fingerprint density at radius 1 is 0.810 bits per heavy atom. The van der Waals surface area contributed by atoms with Crippen LogP contribution in [0.15, 0.2) is 102 Å². The lowest BCUT2D eigenvalue weighted by molar-refractivity contribution is -0.146. The van der Waals surface area contributed by atoms with Gasteiger partial charge in [-0.3, -0.25) is 19.3 Å². The third-order valence-corrected chi connectivity index (χ3v) is 11.1. The van der Waals surface area contributed by atoms with E-state index in [9.17, 15) is 14.4 Å². The van der Waals surface area contributed by atoms with Crippen LogP contribution in [-0.4, -0.2) is 28.7 Å². The highest BCUT2D eigenvalue weighted by atomic mass is 79.9. The van der Waals surface area contributed by atoms with Crippen molar-refractivity contribution in [3.63, 3.8) is 0 Å². The minimum Gasteiger partial charge on any atom is -0.324 e. The van der Waals surface area contributed by atoms with Crippen molar-refractivity contribution in [1.82, 2.24) is 4.90 Å². The van der Waals surface area contributed by atoms with E-state index in [4.69, 9.17) is 23.2 Å². The van der Waals surface area contributed by atoms with Crippen molar-refractivity contribution in [3.8, 4) is 0 Å². The molecule has 42 heavy (non-hydrogen) atoms. The van der Waals surface area contributed by atoms with Crippen molar-refractivity contribution >= 4 is 62.5 Å². The van der Waals surface area contributed by atoms with Crippen LogP contribution in [0.2, 0.25) is 0 Å². The Morgan fingerprint density at radius 2 is 1.29 bits per heavy atom. The second-order valence-corrected chi connectivity index (χ2v) is 13.2. The van der Waals surface area contributed by atoms with Gasteiger partial charge in [0.25, 0.3) is 0 Å². The molecule has 1 saturated heterocycles. The molecule has 3 amide bonds. The van der Waals surface area contributed by atoms with Crippen LogP contribution < -0.4 is 5.32 Å². The highest BCUT2D eigenvalue weighted by Gasteiger charge is 2.73. The SMILES string of the molecule is Cc1cc(NC(=O)[C@@H](Cc2ccccc2)N2C(=O)[C@@H]3[C@H](C2=O)C2(Cl)c4ccccc4C3(Cl)c3ccccc32)ccc1Br. The van der Waals surface area contributed by atoms with E-state index >= 15 is 0 Å². The number of anilines is 1. The molecule has 0 saturated carbocycles. The molecule has 1 aliphatic heterocycles. The molecule has 4 aromatic carbocycles. The second kappa shape index (κ2) is 9.80. The van der Waals surface area contributed by atoms with Crippen molar-refractivity contribution in [3.05, 3.63) is 135 Å². The van der Waals surface area contributed by atoms with Gasteiger partial charge in [-0.25, -0.2) is 0 Å². The first-order chi connectivity index (χ1) is 20.2. The predicted molar refractivity (Wildman–Crippen MR) is 166 cm³/mol. The van der Waals surface area contributed by atoms with Gasteiger partial charge in [-0.15, -0.1) is 23.2 Å². The number of carbonyl (C=O) groups is 3. The highest BCUT2D eigenvalue weighted by Crippen LogP contribution is 2.69. The Hall–Kier alpha value is -3.45. The van der Waals surface area contributed by atoms with Gasteiger partial charge in [-0.1, -0.05) is 94.8 Å². The number of likely N-dealkylation sites (tertiary alicyclic amines) is 1. The molecule has 0 spiro atoms. The minimum atomic E-state index is -1.31. The number of nitrogens with one attached hydrogen (secondary N) is 1. The average Bonchev–Trinajstić information content (AvgIpc) is 3.27. The lowest BCUT2D eigenvalue weighted by atomic mass is 9.54. The first-order valence-electron chi connectivity index (χ1n) is 13.7. The van der Waals surface area contributed by atoms with E-state index < -0.39 is 45.3 Å². The van der Waals surface area contributed by atoms with E-state index in [1.165, 1.54) is 0 Å². The molecular weight excluding hydrogens is 635 g/mol. The van der Waals surface area contributed by atoms with Gasteiger partial charge in [-0.2, -0.15) is 0 Å². The molecule has 1 N–H and O–H groups in total. The summed E-state index contributed by atoms with van der Waals surface area (Å²) >= 11 is 18.7. The number of alkyl halides is 2. The van der Waals surface area contributed by atoms with E-state index in [-0.39, 0.29) is 6.42 Å². The Labute approximate surface area is 262 Å². The summed E-state index contributed by atoms with van der Waals surface area (Å²) in [6.07, 6.45) is 0.142. The highest BCUT2D eigenvalue weighted by molar-refractivity contribution is 9.10. The number of aryl methyl sites for hydroxylation is 1. The van der Waals surface area contributed by atoms with Crippen LogP contribution in [0.5, 0.6) is 0 Å². The van der Waals surface area contributed by atoms with Crippen molar-refractivity contribution in [2.75, 3.05) is 5.32 Å². The molecule has 4 aliphatic rings. The number of hydrogen-bond acceptors (Lipinski definition) is 3. The van der Waals surface area contributed by atoms with Crippen molar-refractivity contribution in [2.45, 2.75) is 29.1 Å². The quantitative estimate of drug-likeness (QED) is 0.187. The van der Waals surface area contributed by atoms with E-state index in [1.54, 1.807) is 6.07 Å². The van der Waals surface area contributed by atoms with Gasteiger partial charge >= 0.3 is 0 Å². The lowest BCUT2D eigenvalue weighted by Crippen LogP contribution is -2.57. The molecule has 0 radical (unpaired) electrons. The van der Waals surface area contributed by atoms with Crippen LogP contribution in [0.1, 0.15) is 33.4 Å². The Balaban J connectivity index is 1.36. The monoisotopic (exact) mass is 658 g/mol. The molecule has 5 nitrogen and oxygen atoms in total. The molecule has 0 aromatic heterocycles. The van der Waals surface area contributed by atoms with Crippen LogP contribution in [0.3, 0.4) is 0 Å².